The van der Waals surface area contributed by atoms with Crippen molar-refractivity contribution in [3.8, 4) is 0 Å². The molecule has 15 N–H and O–H groups in total. The van der Waals surface area contributed by atoms with E-state index in [1.165, 1.54) is 12.5 Å². The molecule has 17 nitrogen and oxygen atoms in total. The van der Waals surface area contributed by atoms with Crippen LogP contribution < -0.4 is 44.6 Å². The number of guanidine groups is 1. The summed E-state index contributed by atoms with van der Waals surface area (Å²) in [6, 6.07) is -4.65. The van der Waals surface area contributed by atoms with Crippen LogP contribution in [0.4, 0.5) is 0 Å². The molecule has 4 atom stereocenters. The Morgan fingerprint density at radius 1 is 0.900 bits per heavy atom. The molecule has 1 aromatic rings. The summed E-state index contributed by atoms with van der Waals surface area (Å²) in [5, 5.41) is 17.0. The van der Waals surface area contributed by atoms with Crippen molar-refractivity contribution < 1.29 is 29.1 Å². The fourth-order valence-electron chi connectivity index (χ4n) is 3.60. The molecule has 0 saturated heterocycles. The second kappa shape index (κ2) is 18.1. The summed E-state index contributed by atoms with van der Waals surface area (Å²) in [7, 11) is 0. The lowest BCUT2D eigenvalue weighted by atomic mass is 10.0. The van der Waals surface area contributed by atoms with Crippen molar-refractivity contribution in [3.63, 3.8) is 0 Å². The number of nitrogens with zero attached hydrogens (tertiary/aromatic N) is 2. The minimum absolute atomic E-state index is 0.00575. The molecule has 1 heterocycles. The average Bonchev–Trinajstić information content (AvgIpc) is 3.40. The number of aliphatic carboxylic acids is 1. The molecule has 0 fully saturated rings. The van der Waals surface area contributed by atoms with E-state index in [2.05, 4.69) is 30.9 Å². The highest BCUT2D eigenvalue weighted by Crippen LogP contribution is 2.07. The van der Waals surface area contributed by atoms with E-state index in [-0.39, 0.29) is 44.6 Å². The summed E-state index contributed by atoms with van der Waals surface area (Å²) in [6.07, 6.45) is 4.22. The first-order valence-corrected chi connectivity index (χ1v) is 12.8. The Balaban J connectivity index is 3.01. The number of hydrogen-bond acceptors (Lipinski definition) is 9. The van der Waals surface area contributed by atoms with Crippen LogP contribution in [-0.4, -0.2) is 87.9 Å². The van der Waals surface area contributed by atoms with Crippen molar-refractivity contribution in [1.29, 1.82) is 0 Å². The zero-order chi connectivity index (χ0) is 30.1. The summed E-state index contributed by atoms with van der Waals surface area (Å²) >= 11 is 0. The van der Waals surface area contributed by atoms with Crippen molar-refractivity contribution >= 4 is 35.6 Å². The van der Waals surface area contributed by atoms with Crippen LogP contribution in [0.3, 0.4) is 0 Å². The molecule has 0 spiro atoms. The molecule has 17 heteroatoms. The summed E-state index contributed by atoms with van der Waals surface area (Å²) in [6.45, 7) is 0.621. The van der Waals surface area contributed by atoms with Gasteiger partial charge in [-0.3, -0.25) is 24.2 Å². The fraction of sp³-hybridized carbons (Fsp3) is 0.609. The molecule has 0 saturated carbocycles. The molecule has 0 bridgehead atoms. The summed E-state index contributed by atoms with van der Waals surface area (Å²) < 4.78 is 0. The molecule has 1 aromatic heterocycles. The van der Waals surface area contributed by atoms with Crippen molar-refractivity contribution in [2.24, 2.45) is 33.7 Å². The third-order valence-electron chi connectivity index (χ3n) is 5.79. The molecular weight excluding hydrogens is 526 g/mol. The number of H-pyrrole nitrogens is 1. The van der Waals surface area contributed by atoms with E-state index in [1.807, 2.05) is 0 Å². The molecule has 0 radical (unpaired) electrons. The Labute approximate surface area is 231 Å². The van der Waals surface area contributed by atoms with Crippen LogP contribution in [0.15, 0.2) is 17.5 Å². The average molecular weight is 568 g/mol. The van der Waals surface area contributed by atoms with Gasteiger partial charge in [0.25, 0.3) is 0 Å². The van der Waals surface area contributed by atoms with Crippen LogP contribution in [0.5, 0.6) is 0 Å². The van der Waals surface area contributed by atoms with E-state index in [4.69, 9.17) is 28.7 Å². The van der Waals surface area contributed by atoms with Crippen LogP contribution in [0.1, 0.15) is 50.6 Å². The van der Waals surface area contributed by atoms with Gasteiger partial charge in [-0.15, -0.1) is 0 Å². The predicted molar refractivity (Wildman–Crippen MR) is 145 cm³/mol. The van der Waals surface area contributed by atoms with Gasteiger partial charge in [-0.25, -0.2) is 9.78 Å². The quantitative estimate of drug-likeness (QED) is 0.0414. The number of nitrogens with two attached hydrogens (primary N) is 5. The molecule has 0 aliphatic rings. The van der Waals surface area contributed by atoms with Crippen LogP contribution in [0, 0.1) is 0 Å². The molecule has 4 unspecified atom stereocenters. The maximum Gasteiger partial charge on any atom is 0.326 e. The number of carboxylic acid groups (broad SMARTS) is 1. The van der Waals surface area contributed by atoms with E-state index in [0.717, 1.165) is 0 Å². The van der Waals surface area contributed by atoms with Crippen LogP contribution in [-0.2, 0) is 30.4 Å². The van der Waals surface area contributed by atoms with E-state index < -0.39 is 53.8 Å². The van der Waals surface area contributed by atoms with Gasteiger partial charge in [0.15, 0.2) is 5.96 Å². The van der Waals surface area contributed by atoms with Gasteiger partial charge in [-0.1, -0.05) is 0 Å². The molecule has 1 rings (SSSR count). The third kappa shape index (κ3) is 13.5. The van der Waals surface area contributed by atoms with Gasteiger partial charge in [0.1, 0.15) is 18.1 Å². The first kappa shape index (κ1) is 33.8. The van der Waals surface area contributed by atoms with Gasteiger partial charge in [0.05, 0.1) is 12.4 Å². The number of aromatic nitrogens is 2. The molecule has 0 aliphatic carbocycles. The maximum atomic E-state index is 13.3. The SMILES string of the molecule is NCCCCC(NC(=O)C(Cc1cnc[nH]1)NC(=O)C(N)CCCN=C(N)N)C(=O)NC(CCC(N)=O)C(=O)O. The number of unbranched alkanes of at least 4 members (excludes halogenated alkanes) is 1. The Morgan fingerprint density at radius 3 is 2.12 bits per heavy atom. The fourth-order valence-corrected chi connectivity index (χ4v) is 3.60. The Kier molecular flexibility index (Phi) is 15.3. The van der Waals surface area contributed by atoms with E-state index >= 15 is 0 Å². The normalized spacial score (nSPS) is 13.8. The zero-order valence-electron chi connectivity index (χ0n) is 22.3. The maximum absolute atomic E-state index is 13.3. The monoisotopic (exact) mass is 567 g/mol. The van der Waals surface area contributed by atoms with Gasteiger partial charge < -0.3 is 54.7 Å². The molecule has 0 aromatic carbocycles. The van der Waals surface area contributed by atoms with Gasteiger partial charge in [0, 0.05) is 31.3 Å². The lowest BCUT2D eigenvalue weighted by molar-refractivity contribution is -0.142. The number of carbonyl (C=O) groups excluding carboxylic acids is 4. The van der Waals surface area contributed by atoms with Crippen LogP contribution >= 0.6 is 0 Å². The molecule has 4 amide bonds. The minimum atomic E-state index is -1.40. The topological polar surface area (TPSA) is 313 Å². The second-order valence-electron chi connectivity index (χ2n) is 9.15. The summed E-state index contributed by atoms with van der Waals surface area (Å²) in [4.78, 5) is 72.4. The Morgan fingerprint density at radius 2 is 1.55 bits per heavy atom. The van der Waals surface area contributed by atoms with Gasteiger partial charge in [-0.05, 0) is 45.1 Å². The first-order valence-electron chi connectivity index (χ1n) is 12.8. The molecule has 40 heavy (non-hydrogen) atoms. The van der Waals surface area contributed by atoms with E-state index in [1.54, 1.807) is 0 Å². The number of primary amides is 1. The van der Waals surface area contributed by atoms with Crippen LogP contribution in [0.25, 0.3) is 0 Å². The minimum Gasteiger partial charge on any atom is -0.480 e. The highest BCUT2D eigenvalue weighted by atomic mass is 16.4. The lowest BCUT2D eigenvalue weighted by Gasteiger charge is -2.25. The molecular formula is C23H41N11O6. The number of carbonyl (C=O) groups is 5. The molecule has 0 aliphatic heterocycles. The number of aliphatic imine (C=N–C) groups is 1. The first-order chi connectivity index (χ1) is 18.9. The smallest absolute Gasteiger partial charge is 0.326 e. The lowest BCUT2D eigenvalue weighted by Crippen LogP contribution is -2.57. The van der Waals surface area contributed by atoms with Crippen molar-refractivity contribution in [3.05, 3.63) is 18.2 Å². The predicted octanol–water partition coefficient (Wildman–Crippen LogP) is -3.73. The number of imidazole rings is 1. The number of nitrogens with one attached hydrogen (secondary N) is 4. The summed E-state index contributed by atoms with van der Waals surface area (Å²) in [5.74, 6) is -4.24. The third-order valence-corrected chi connectivity index (χ3v) is 5.79. The highest BCUT2D eigenvalue weighted by molar-refractivity contribution is 5.94. The van der Waals surface area contributed by atoms with Gasteiger partial charge in [0.2, 0.25) is 23.6 Å². The van der Waals surface area contributed by atoms with Crippen molar-refractivity contribution in [2.75, 3.05) is 13.1 Å². The van der Waals surface area contributed by atoms with Crippen LogP contribution in [0.2, 0.25) is 0 Å². The van der Waals surface area contributed by atoms with Gasteiger partial charge >= 0.3 is 5.97 Å². The summed E-state index contributed by atoms with van der Waals surface area (Å²) in [5.41, 5.74) is 27.7. The zero-order valence-corrected chi connectivity index (χ0v) is 22.3. The van der Waals surface area contributed by atoms with Crippen molar-refractivity contribution in [2.45, 2.75) is 75.5 Å². The standard InChI is InChI=1S/C23H41N11O6/c24-8-2-1-5-15(20(37)33-16(22(39)40)6-7-18(26)35)32-21(38)17(10-13-11-29-12-31-13)34-19(36)14(25)4-3-9-30-23(27)28/h11-12,14-17H,1-10,24-25H2,(H2,26,35)(H,29,31)(H,32,38)(H,33,37)(H,34,36)(H,39,40)(H4,27,28,30). The van der Waals surface area contributed by atoms with Gasteiger partial charge in [-0.2, -0.15) is 0 Å². The highest BCUT2D eigenvalue weighted by Gasteiger charge is 2.30. The number of amides is 4. The second-order valence-corrected chi connectivity index (χ2v) is 9.15. The number of carboxylic acids is 1. The Bertz CT molecular complexity index is 997. The number of hydrogen-bond donors (Lipinski definition) is 10. The van der Waals surface area contributed by atoms with Crippen molar-refractivity contribution in [1.82, 2.24) is 25.9 Å². The Hall–Kier alpha value is -4.25. The van der Waals surface area contributed by atoms with E-state index in [0.29, 0.717) is 31.5 Å². The number of aromatic amines is 1. The van der Waals surface area contributed by atoms with E-state index in [9.17, 15) is 29.1 Å². The largest absolute Gasteiger partial charge is 0.480 e. The molecule has 224 valence electrons. The number of rotatable bonds is 20.